The van der Waals surface area contributed by atoms with Crippen LogP contribution in [0.3, 0.4) is 0 Å². The lowest BCUT2D eigenvalue weighted by molar-refractivity contribution is -0.136. The number of nitrogens with one attached hydrogen (secondary N) is 1. The highest BCUT2D eigenvalue weighted by atomic mass is 79.9. The van der Waals surface area contributed by atoms with Crippen molar-refractivity contribution in [1.29, 1.82) is 0 Å². The quantitative estimate of drug-likeness (QED) is 0.793. The lowest BCUT2D eigenvalue weighted by atomic mass is 10.4. The molecule has 1 rings (SSSR count). The van der Waals surface area contributed by atoms with Crippen LogP contribution in [0, 0.1) is 0 Å². The van der Waals surface area contributed by atoms with Gasteiger partial charge in [0, 0.05) is 6.54 Å². The molecular weight excluding hydrogens is 236 g/mol. The molecule has 0 aromatic carbocycles. The van der Waals surface area contributed by atoms with E-state index < -0.39 is 5.97 Å². The van der Waals surface area contributed by atoms with Crippen LogP contribution >= 0.6 is 15.9 Å². The second-order valence-corrected chi connectivity index (χ2v) is 3.23. The minimum Gasteiger partial charge on any atom is -0.481 e. The van der Waals surface area contributed by atoms with Crippen LogP contribution in [0.15, 0.2) is 22.8 Å². The monoisotopic (exact) mass is 244 g/mol. The summed E-state index contributed by atoms with van der Waals surface area (Å²) in [6, 6.07) is 5.43. The molecule has 0 spiro atoms. The maximum atomic E-state index is 10.2. The largest absolute Gasteiger partial charge is 0.481 e. The van der Waals surface area contributed by atoms with Gasteiger partial charge in [0.15, 0.2) is 0 Å². The van der Waals surface area contributed by atoms with Gasteiger partial charge in [-0.1, -0.05) is 6.07 Å². The van der Waals surface area contributed by atoms with E-state index in [9.17, 15) is 4.79 Å². The fraction of sp³-hybridized carbons (Fsp3) is 0.250. The summed E-state index contributed by atoms with van der Waals surface area (Å²) in [5, 5.41) is 11.3. The Hall–Kier alpha value is -1.10. The van der Waals surface area contributed by atoms with Crippen molar-refractivity contribution in [3.8, 4) is 0 Å². The number of carboxylic acids is 1. The SMILES string of the molecule is O=C(O)CCNc1cccc(Br)n1. The van der Waals surface area contributed by atoms with Crippen LogP contribution in [0.25, 0.3) is 0 Å². The predicted molar refractivity (Wildman–Crippen MR) is 52.7 cm³/mol. The van der Waals surface area contributed by atoms with Gasteiger partial charge in [-0.2, -0.15) is 0 Å². The first-order valence-corrected chi connectivity index (χ1v) is 4.56. The summed E-state index contributed by atoms with van der Waals surface area (Å²) < 4.78 is 0.729. The Morgan fingerprint density at radius 2 is 2.38 bits per heavy atom. The van der Waals surface area contributed by atoms with Crippen molar-refractivity contribution in [2.75, 3.05) is 11.9 Å². The summed E-state index contributed by atoms with van der Waals surface area (Å²) in [4.78, 5) is 14.3. The molecule has 0 saturated heterocycles. The van der Waals surface area contributed by atoms with Gasteiger partial charge in [-0.05, 0) is 28.1 Å². The average Bonchev–Trinajstić information content (AvgIpc) is 2.03. The first-order chi connectivity index (χ1) is 6.18. The van der Waals surface area contributed by atoms with Crippen LogP contribution in [0.4, 0.5) is 5.82 Å². The van der Waals surface area contributed by atoms with Crippen LogP contribution < -0.4 is 5.32 Å². The number of carbonyl (C=O) groups is 1. The minimum atomic E-state index is -0.817. The van der Waals surface area contributed by atoms with Crippen molar-refractivity contribution in [2.45, 2.75) is 6.42 Å². The lowest BCUT2D eigenvalue weighted by Gasteiger charge is -2.02. The highest BCUT2D eigenvalue weighted by Crippen LogP contribution is 2.09. The molecule has 0 amide bonds. The van der Waals surface area contributed by atoms with E-state index in [0.717, 1.165) is 4.60 Å². The third-order valence-corrected chi connectivity index (χ3v) is 1.80. The summed E-state index contributed by atoms with van der Waals surface area (Å²) in [5.74, 6) is -0.141. The molecule has 13 heavy (non-hydrogen) atoms. The number of halogens is 1. The molecule has 0 aliphatic heterocycles. The predicted octanol–water partition coefficient (Wildman–Crippen LogP) is 1.73. The van der Waals surface area contributed by atoms with Crippen LogP contribution in [0.5, 0.6) is 0 Å². The second kappa shape index (κ2) is 4.81. The number of anilines is 1. The summed E-state index contributed by atoms with van der Waals surface area (Å²) in [5.41, 5.74) is 0. The molecule has 0 fully saturated rings. The summed E-state index contributed by atoms with van der Waals surface area (Å²) in [7, 11) is 0. The number of aromatic nitrogens is 1. The van der Waals surface area contributed by atoms with E-state index in [1.165, 1.54) is 0 Å². The molecule has 2 N–H and O–H groups in total. The molecule has 1 aromatic rings. The first kappa shape index (κ1) is 9.98. The number of rotatable bonds is 4. The van der Waals surface area contributed by atoms with Gasteiger partial charge in [-0.25, -0.2) is 4.98 Å². The Bertz CT molecular complexity index is 304. The molecule has 0 saturated carbocycles. The molecule has 0 atom stereocenters. The maximum Gasteiger partial charge on any atom is 0.305 e. The number of hydrogen-bond acceptors (Lipinski definition) is 3. The number of carboxylic acid groups (broad SMARTS) is 1. The molecule has 0 aliphatic rings. The molecular formula is C8H9BrN2O2. The normalized spacial score (nSPS) is 9.62. The second-order valence-electron chi connectivity index (χ2n) is 2.42. The Morgan fingerprint density at radius 1 is 1.62 bits per heavy atom. The lowest BCUT2D eigenvalue weighted by Crippen LogP contribution is -2.08. The number of hydrogen-bond donors (Lipinski definition) is 2. The van der Waals surface area contributed by atoms with Gasteiger partial charge >= 0.3 is 5.97 Å². The zero-order chi connectivity index (χ0) is 9.68. The van der Waals surface area contributed by atoms with Crippen molar-refractivity contribution in [2.24, 2.45) is 0 Å². The van der Waals surface area contributed by atoms with Crippen molar-refractivity contribution < 1.29 is 9.90 Å². The van der Waals surface area contributed by atoms with E-state index in [1.807, 2.05) is 12.1 Å². The molecule has 0 aliphatic carbocycles. The van der Waals surface area contributed by atoms with Crippen molar-refractivity contribution in [3.63, 3.8) is 0 Å². The van der Waals surface area contributed by atoms with E-state index in [0.29, 0.717) is 12.4 Å². The van der Waals surface area contributed by atoms with Crippen LogP contribution in [-0.4, -0.2) is 22.6 Å². The standard InChI is InChI=1S/C8H9BrN2O2/c9-6-2-1-3-7(11-6)10-5-4-8(12)13/h1-3H,4-5H2,(H,10,11)(H,12,13). The molecule has 1 aromatic heterocycles. The fourth-order valence-electron chi connectivity index (χ4n) is 0.804. The van der Waals surface area contributed by atoms with Gasteiger partial charge in [0.25, 0.3) is 0 Å². The van der Waals surface area contributed by atoms with E-state index in [2.05, 4.69) is 26.2 Å². The Balaban J connectivity index is 2.41. The molecule has 70 valence electrons. The van der Waals surface area contributed by atoms with Crippen molar-refractivity contribution in [1.82, 2.24) is 4.98 Å². The van der Waals surface area contributed by atoms with E-state index in [1.54, 1.807) is 6.07 Å². The number of aliphatic carboxylic acids is 1. The van der Waals surface area contributed by atoms with Gasteiger partial charge in [0.1, 0.15) is 10.4 Å². The highest BCUT2D eigenvalue weighted by Gasteiger charge is 1.97. The molecule has 5 heteroatoms. The molecule has 4 nitrogen and oxygen atoms in total. The minimum absolute atomic E-state index is 0.0915. The van der Waals surface area contributed by atoms with Crippen molar-refractivity contribution >= 4 is 27.7 Å². The average molecular weight is 245 g/mol. The Morgan fingerprint density at radius 3 is 3.00 bits per heavy atom. The maximum absolute atomic E-state index is 10.2. The van der Waals surface area contributed by atoms with E-state index >= 15 is 0 Å². The summed E-state index contributed by atoms with van der Waals surface area (Å²) in [6.45, 7) is 0.388. The topological polar surface area (TPSA) is 62.2 Å². The molecule has 0 bridgehead atoms. The first-order valence-electron chi connectivity index (χ1n) is 3.77. The number of nitrogens with zero attached hydrogens (tertiary/aromatic N) is 1. The zero-order valence-corrected chi connectivity index (χ0v) is 8.41. The van der Waals surface area contributed by atoms with E-state index in [-0.39, 0.29) is 6.42 Å². The van der Waals surface area contributed by atoms with Gasteiger partial charge < -0.3 is 10.4 Å². The Labute approximate surface area is 84.1 Å². The zero-order valence-electron chi connectivity index (χ0n) is 6.83. The third kappa shape index (κ3) is 3.89. The Kier molecular flexibility index (Phi) is 3.70. The smallest absolute Gasteiger partial charge is 0.305 e. The van der Waals surface area contributed by atoms with Gasteiger partial charge in [0.2, 0.25) is 0 Å². The third-order valence-electron chi connectivity index (χ3n) is 1.36. The van der Waals surface area contributed by atoms with Crippen LogP contribution in [0.1, 0.15) is 6.42 Å². The summed E-state index contributed by atoms with van der Waals surface area (Å²) >= 11 is 3.22. The van der Waals surface area contributed by atoms with Crippen LogP contribution in [0.2, 0.25) is 0 Å². The fourth-order valence-corrected chi connectivity index (χ4v) is 1.15. The molecule has 1 heterocycles. The van der Waals surface area contributed by atoms with Crippen LogP contribution in [-0.2, 0) is 4.79 Å². The van der Waals surface area contributed by atoms with Gasteiger partial charge in [0.05, 0.1) is 6.42 Å². The van der Waals surface area contributed by atoms with E-state index in [4.69, 9.17) is 5.11 Å². The van der Waals surface area contributed by atoms with Gasteiger partial charge in [-0.15, -0.1) is 0 Å². The van der Waals surface area contributed by atoms with Crippen molar-refractivity contribution in [3.05, 3.63) is 22.8 Å². The van der Waals surface area contributed by atoms with Gasteiger partial charge in [-0.3, -0.25) is 4.79 Å². The number of pyridine rings is 1. The highest BCUT2D eigenvalue weighted by molar-refractivity contribution is 9.10. The summed E-state index contributed by atoms with van der Waals surface area (Å²) in [6.07, 6.45) is 0.0915. The molecule has 0 unspecified atom stereocenters. The molecule has 0 radical (unpaired) electrons.